The molecule has 0 saturated carbocycles. The van der Waals surface area contributed by atoms with Gasteiger partial charge >= 0.3 is 0 Å². The van der Waals surface area contributed by atoms with Gasteiger partial charge in [-0.1, -0.05) is 78.9 Å². The Morgan fingerprint density at radius 1 is 0.730 bits per heavy atom. The van der Waals surface area contributed by atoms with Crippen LogP contribution in [0.3, 0.4) is 0 Å². The molecule has 0 fully saturated rings. The lowest BCUT2D eigenvalue weighted by molar-refractivity contribution is -0.114. The van der Waals surface area contributed by atoms with Gasteiger partial charge in [-0.2, -0.15) is 5.26 Å². The van der Waals surface area contributed by atoms with Crippen LogP contribution < -0.4 is 4.74 Å². The lowest BCUT2D eigenvalue weighted by atomic mass is 9.73. The van der Waals surface area contributed by atoms with Crippen LogP contribution in [0.15, 0.2) is 84.6 Å². The molecule has 178 valence electrons. The second kappa shape index (κ2) is 8.28. The van der Waals surface area contributed by atoms with Crippen LogP contribution >= 0.6 is 0 Å². The molecule has 2 aliphatic carbocycles. The van der Waals surface area contributed by atoms with Gasteiger partial charge in [0, 0.05) is 35.8 Å². The molecule has 0 amide bonds. The predicted octanol–water partition coefficient (Wildman–Crippen LogP) is 6.87. The highest BCUT2D eigenvalue weighted by atomic mass is 16.5. The van der Waals surface area contributed by atoms with Crippen molar-refractivity contribution in [1.29, 1.82) is 5.26 Å². The SMILES string of the molecule is N#Cc1c2c(c3cccc4c3c1OC1=C4C(=O)CC(c3ccccc3)C1)C(=O)CC(c1ccccc1)C2. The molecule has 0 radical (unpaired) electrons. The number of ketones is 2. The van der Waals surface area contributed by atoms with Crippen LogP contribution in [0.4, 0.5) is 0 Å². The highest BCUT2D eigenvalue weighted by molar-refractivity contribution is 6.28. The van der Waals surface area contributed by atoms with E-state index in [0.717, 1.165) is 33.0 Å². The summed E-state index contributed by atoms with van der Waals surface area (Å²) < 4.78 is 6.52. The molecule has 0 aromatic heterocycles. The van der Waals surface area contributed by atoms with Gasteiger partial charge in [0.1, 0.15) is 11.8 Å². The van der Waals surface area contributed by atoms with Gasteiger partial charge in [-0.05, 0) is 40.3 Å². The number of allylic oxidation sites excluding steroid dienone is 2. The number of carbonyl (C=O) groups excluding carboxylic acids is 2. The standard InChI is InChI=1S/C33H23NO3/c34-18-26-25-14-21(19-8-3-1-4-9-19)15-27(35)30(25)23-12-7-13-24-31(23)33(26)37-29-17-22(16-28(36)32(24)29)20-10-5-2-6-11-20/h1-13,21-22H,14-17H2. The van der Waals surface area contributed by atoms with Crippen LogP contribution in [-0.4, -0.2) is 11.6 Å². The molecule has 0 spiro atoms. The average molecular weight is 482 g/mol. The zero-order chi connectivity index (χ0) is 25.1. The molecule has 0 bridgehead atoms. The Kier molecular flexibility index (Phi) is 4.87. The van der Waals surface area contributed by atoms with Crippen molar-refractivity contribution < 1.29 is 14.3 Å². The molecule has 0 saturated heterocycles. The minimum atomic E-state index is 0.0122. The van der Waals surface area contributed by atoms with Crippen LogP contribution in [0.1, 0.15) is 69.3 Å². The van der Waals surface area contributed by atoms with E-state index < -0.39 is 0 Å². The Labute approximate surface area is 214 Å². The topological polar surface area (TPSA) is 67.2 Å². The monoisotopic (exact) mass is 481 g/mol. The van der Waals surface area contributed by atoms with Crippen molar-refractivity contribution in [3.05, 3.63) is 118 Å². The first-order valence-corrected chi connectivity index (χ1v) is 12.7. The van der Waals surface area contributed by atoms with Gasteiger partial charge < -0.3 is 4.74 Å². The fraction of sp³-hybridized carbons (Fsp3) is 0.182. The van der Waals surface area contributed by atoms with E-state index in [1.54, 1.807) is 0 Å². The van der Waals surface area contributed by atoms with Gasteiger partial charge in [0.05, 0.1) is 11.1 Å². The number of ether oxygens (including phenoxy) is 1. The summed E-state index contributed by atoms with van der Waals surface area (Å²) in [4.78, 5) is 27.1. The highest BCUT2D eigenvalue weighted by Crippen LogP contribution is 2.51. The summed E-state index contributed by atoms with van der Waals surface area (Å²) in [5, 5.41) is 11.9. The number of rotatable bonds is 2. The van der Waals surface area contributed by atoms with E-state index in [4.69, 9.17) is 4.74 Å². The van der Waals surface area contributed by atoms with Crippen molar-refractivity contribution in [2.45, 2.75) is 37.5 Å². The number of hydrogen-bond acceptors (Lipinski definition) is 4. The molecule has 1 aliphatic heterocycles. The summed E-state index contributed by atoms with van der Waals surface area (Å²) in [5.41, 5.74) is 5.38. The number of benzene rings is 4. The van der Waals surface area contributed by atoms with Gasteiger partial charge in [-0.3, -0.25) is 9.59 Å². The first kappa shape index (κ1) is 21.8. The zero-order valence-electron chi connectivity index (χ0n) is 20.2. The Hall–Kier alpha value is -4.49. The van der Waals surface area contributed by atoms with E-state index in [9.17, 15) is 14.9 Å². The lowest BCUT2D eigenvalue weighted by Crippen LogP contribution is -2.25. The Balaban J connectivity index is 1.41. The maximum absolute atomic E-state index is 13.6. The molecule has 4 nitrogen and oxygen atoms in total. The number of nitriles is 1. The van der Waals surface area contributed by atoms with E-state index in [1.165, 1.54) is 0 Å². The molecule has 4 aromatic rings. The van der Waals surface area contributed by atoms with Gasteiger partial charge in [0.15, 0.2) is 17.3 Å². The second-order valence-corrected chi connectivity index (χ2v) is 10.2. The van der Waals surface area contributed by atoms with E-state index in [1.807, 2.05) is 78.9 Å². The van der Waals surface area contributed by atoms with Crippen LogP contribution in [0.25, 0.3) is 16.3 Å². The van der Waals surface area contributed by atoms with Crippen molar-refractivity contribution in [3.8, 4) is 11.8 Å². The number of hydrogen-bond donors (Lipinski definition) is 0. The summed E-state index contributed by atoms with van der Waals surface area (Å²) in [7, 11) is 0. The Morgan fingerprint density at radius 3 is 2.05 bits per heavy atom. The van der Waals surface area contributed by atoms with Gasteiger partial charge in [-0.25, -0.2) is 0 Å². The van der Waals surface area contributed by atoms with Gasteiger partial charge in [-0.15, -0.1) is 0 Å². The van der Waals surface area contributed by atoms with E-state index in [2.05, 4.69) is 6.07 Å². The lowest BCUT2D eigenvalue weighted by Gasteiger charge is -2.33. The van der Waals surface area contributed by atoms with Crippen molar-refractivity contribution >= 4 is 27.9 Å². The van der Waals surface area contributed by atoms with Crippen molar-refractivity contribution in [1.82, 2.24) is 0 Å². The van der Waals surface area contributed by atoms with Gasteiger partial charge in [0.25, 0.3) is 0 Å². The summed E-state index contributed by atoms with van der Waals surface area (Å²) in [6, 6.07) is 28.2. The van der Waals surface area contributed by atoms with Crippen molar-refractivity contribution in [3.63, 3.8) is 0 Å². The third kappa shape index (κ3) is 3.28. The molecule has 0 N–H and O–H groups in total. The van der Waals surface area contributed by atoms with Crippen LogP contribution in [0.2, 0.25) is 0 Å². The zero-order valence-corrected chi connectivity index (χ0v) is 20.2. The van der Waals surface area contributed by atoms with Crippen molar-refractivity contribution in [2.75, 3.05) is 0 Å². The maximum Gasteiger partial charge on any atom is 0.167 e. The summed E-state index contributed by atoms with van der Waals surface area (Å²) >= 11 is 0. The molecular formula is C33H23NO3. The molecule has 7 rings (SSSR count). The first-order chi connectivity index (χ1) is 18.1. The molecule has 3 aliphatic rings. The number of Topliss-reactive ketones (excluding diaryl/α,β-unsaturated/α-hetero) is 2. The quantitative estimate of drug-likeness (QED) is 0.313. The largest absolute Gasteiger partial charge is 0.459 e. The summed E-state index contributed by atoms with van der Waals surface area (Å²) in [6.07, 6.45) is 2.00. The van der Waals surface area contributed by atoms with Crippen LogP contribution in [0, 0.1) is 11.3 Å². The fourth-order valence-electron chi connectivity index (χ4n) is 6.47. The minimum absolute atomic E-state index is 0.0122. The highest BCUT2D eigenvalue weighted by Gasteiger charge is 2.39. The Morgan fingerprint density at radius 2 is 1.38 bits per heavy atom. The molecule has 4 heteroatoms. The van der Waals surface area contributed by atoms with Gasteiger partial charge in [0.2, 0.25) is 0 Å². The molecule has 2 unspecified atom stereocenters. The van der Waals surface area contributed by atoms with E-state index in [0.29, 0.717) is 53.9 Å². The molecule has 4 aromatic carbocycles. The molecule has 2 atom stereocenters. The Bertz CT molecular complexity index is 1690. The smallest absolute Gasteiger partial charge is 0.167 e. The third-order valence-corrected chi connectivity index (χ3v) is 8.12. The number of fused-ring (bicyclic) bond motifs is 3. The molecule has 37 heavy (non-hydrogen) atoms. The second-order valence-electron chi connectivity index (χ2n) is 10.2. The maximum atomic E-state index is 13.6. The van der Waals surface area contributed by atoms with Crippen LogP contribution in [0.5, 0.6) is 5.75 Å². The summed E-state index contributed by atoms with van der Waals surface area (Å²) in [5.74, 6) is 1.24. The van der Waals surface area contributed by atoms with Crippen LogP contribution in [-0.2, 0) is 11.2 Å². The minimum Gasteiger partial charge on any atom is -0.459 e. The van der Waals surface area contributed by atoms with Crippen molar-refractivity contribution in [2.24, 2.45) is 0 Å². The first-order valence-electron chi connectivity index (χ1n) is 12.7. The fourth-order valence-corrected chi connectivity index (χ4v) is 6.47. The predicted molar refractivity (Wildman–Crippen MR) is 141 cm³/mol. The summed E-state index contributed by atoms with van der Waals surface area (Å²) in [6.45, 7) is 0. The molecular weight excluding hydrogens is 458 g/mol. The average Bonchev–Trinajstić information content (AvgIpc) is 2.93. The number of carbonyl (C=O) groups is 2. The number of nitrogens with zero attached hydrogens (tertiary/aromatic N) is 1. The third-order valence-electron chi connectivity index (χ3n) is 8.12. The normalized spacial score (nSPS) is 20.2. The van der Waals surface area contributed by atoms with E-state index >= 15 is 0 Å². The molecule has 1 heterocycles. The van der Waals surface area contributed by atoms with E-state index in [-0.39, 0.29) is 23.4 Å².